The fourth-order valence-corrected chi connectivity index (χ4v) is 6.42. The van der Waals surface area contributed by atoms with Gasteiger partial charge in [0.05, 0.1) is 11.1 Å². The molecule has 48 heavy (non-hydrogen) atoms. The van der Waals surface area contributed by atoms with Gasteiger partial charge in [0.15, 0.2) is 17.5 Å². The third-order valence-electron chi connectivity index (χ3n) is 8.67. The Hall–Kier alpha value is -6.59. The Morgan fingerprint density at radius 3 is 1.50 bits per heavy atom. The van der Waals surface area contributed by atoms with Crippen LogP contribution in [0.25, 0.3) is 66.9 Å². The van der Waals surface area contributed by atoms with Crippen LogP contribution in [0.4, 0.5) is 17.1 Å². The number of hydrogen-bond acceptors (Lipinski definition) is 5. The highest BCUT2D eigenvalue weighted by molar-refractivity contribution is 6.22. The number of benzene rings is 7. The predicted octanol–water partition coefficient (Wildman–Crippen LogP) is 11.4. The minimum absolute atomic E-state index is 0.588. The van der Waals surface area contributed by atoms with E-state index < -0.39 is 0 Å². The zero-order chi connectivity index (χ0) is 31.9. The van der Waals surface area contributed by atoms with Gasteiger partial charge >= 0.3 is 0 Å². The normalized spacial score (nSPS) is 11.3. The summed E-state index contributed by atoms with van der Waals surface area (Å²) in [6.45, 7) is 0. The maximum atomic E-state index is 6.82. The molecule has 0 amide bonds. The number of hydrogen-bond donors (Lipinski definition) is 0. The lowest BCUT2D eigenvalue weighted by Gasteiger charge is -2.26. The van der Waals surface area contributed by atoms with E-state index >= 15 is 0 Å². The molecule has 5 nitrogen and oxygen atoms in total. The summed E-state index contributed by atoms with van der Waals surface area (Å²) in [5.74, 6) is 1.84. The zero-order valence-corrected chi connectivity index (χ0v) is 25.9. The molecular formula is C43H28N4O. The van der Waals surface area contributed by atoms with E-state index in [1.807, 2.05) is 72.8 Å². The first-order valence-electron chi connectivity index (χ1n) is 16.0. The Kier molecular flexibility index (Phi) is 6.72. The number of para-hydroxylation sites is 2. The number of furan rings is 1. The lowest BCUT2D eigenvalue weighted by atomic mass is 10.0. The lowest BCUT2D eigenvalue weighted by Crippen LogP contribution is -2.10. The third-order valence-corrected chi connectivity index (χ3v) is 8.67. The molecule has 2 heterocycles. The number of fused-ring (bicyclic) bond motifs is 5. The van der Waals surface area contributed by atoms with Gasteiger partial charge in [-0.1, -0.05) is 127 Å². The van der Waals surface area contributed by atoms with E-state index in [-0.39, 0.29) is 0 Å². The van der Waals surface area contributed by atoms with Crippen LogP contribution >= 0.6 is 0 Å². The van der Waals surface area contributed by atoms with Crippen LogP contribution in [0.2, 0.25) is 0 Å². The molecule has 226 valence electrons. The molecule has 0 N–H and O–H groups in total. The van der Waals surface area contributed by atoms with Crippen LogP contribution in [-0.4, -0.2) is 15.0 Å². The van der Waals surface area contributed by atoms with Crippen molar-refractivity contribution in [2.24, 2.45) is 0 Å². The first-order valence-corrected chi connectivity index (χ1v) is 16.0. The van der Waals surface area contributed by atoms with Crippen molar-refractivity contribution in [2.45, 2.75) is 0 Å². The van der Waals surface area contributed by atoms with Gasteiger partial charge in [-0.25, -0.2) is 15.0 Å². The van der Waals surface area contributed by atoms with Crippen molar-refractivity contribution in [1.82, 2.24) is 15.0 Å². The Morgan fingerprint density at radius 2 is 0.917 bits per heavy atom. The molecule has 0 saturated heterocycles. The molecule has 0 atom stereocenters. The van der Waals surface area contributed by atoms with Gasteiger partial charge in [-0.2, -0.15) is 0 Å². The molecule has 0 bridgehead atoms. The minimum Gasteiger partial charge on any atom is -0.455 e. The van der Waals surface area contributed by atoms with Gasteiger partial charge in [0.2, 0.25) is 0 Å². The number of rotatable bonds is 6. The van der Waals surface area contributed by atoms with Crippen LogP contribution in [0.5, 0.6) is 0 Å². The highest BCUT2D eigenvalue weighted by Gasteiger charge is 2.22. The zero-order valence-electron chi connectivity index (χ0n) is 25.9. The second kappa shape index (κ2) is 11.6. The Balaban J connectivity index is 1.29. The van der Waals surface area contributed by atoms with Crippen molar-refractivity contribution in [3.63, 3.8) is 0 Å². The van der Waals surface area contributed by atoms with Crippen molar-refractivity contribution in [3.05, 3.63) is 170 Å². The number of nitrogens with zero attached hydrogens (tertiary/aromatic N) is 4. The number of anilines is 3. The average Bonchev–Trinajstić information content (AvgIpc) is 3.56. The summed E-state index contributed by atoms with van der Waals surface area (Å²) in [6.07, 6.45) is 0. The van der Waals surface area contributed by atoms with Gasteiger partial charge in [0.1, 0.15) is 11.2 Å². The molecule has 0 unspecified atom stereocenters. The second-order valence-corrected chi connectivity index (χ2v) is 11.7. The van der Waals surface area contributed by atoms with E-state index in [1.165, 1.54) is 0 Å². The Morgan fingerprint density at radius 1 is 0.417 bits per heavy atom. The molecule has 0 aliphatic heterocycles. The highest BCUT2D eigenvalue weighted by Crippen LogP contribution is 2.46. The van der Waals surface area contributed by atoms with Crippen molar-refractivity contribution in [3.8, 4) is 34.2 Å². The Labute approximate surface area is 277 Å². The van der Waals surface area contributed by atoms with E-state index in [0.29, 0.717) is 17.5 Å². The minimum atomic E-state index is 0.588. The molecular weight excluding hydrogens is 589 g/mol. The molecule has 0 spiro atoms. The SMILES string of the molecule is c1ccc(-c2nc(-c3ccccc3)nc(-c3ccc4c(c3)oc3c5ccccc5cc(N(c5ccccc5)c5ccccc5)c43)n2)cc1. The van der Waals surface area contributed by atoms with Crippen molar-refractivity contribution >= 4 is 49.8 Å². The van der Waals surface area contributed by atoms with Crippen molar-refractivity contribution in [1.29, 1.82) is 0 Å². The van der Waals surface area contributed by atoms with E-state index in [2.05, 4.69) is 102 Å². The van der Waals surface area contributed by atoms with E-state index in [1.54, 1.807) is 0 Å². The summed E-state index contributed by atoms with van der Waals surface area (Å²) in [5, 5.41) is 4.24. The summed E-state index contributed by atoms with van der Waals surface area (Å²) in [5.41, 5.74) is 7.51. The molecule has 9 rings (SSSR count). The molecule has 9 aromatic rings. The lowest BCUT2D eigenvalue weighted by molar-refractivity contribution is 0.673. The summed E-state index contributed by atoms with van der Waals surface area (Å²) in [7, 11) is 0. The molecule has 0 aliphatic rings. The van der Waals surface area contributed by atoms with Crippen molar-refractivity contribution in [2.75, 3.05) is 4.90 Å². The average molecular weight is 617 g/mol. The van der Waals surface area contributed by atoms with Gasteiger partial charge in [0, 0.05) is 38.8 Å². The predicted molar refractivity (Wildman–Crippen MR) is 196 cm³/mol. The van der Waals surface area contributed by atoms with Crippen LogP contribution in [-0.2, 0) is 0 Å². The second-order valence-electron chi connectivity index (χ2n) is 11.7. The first-order chi connectivity index (χ1) is 23.8. The van der Waals surface area contributed by atoms with E-state index in [4.69, 9.17) is 19.4 Å². The monoisotopic (exact) mass is 616 g/mol. The summed E-state index contributed by atoms with van der Waals surface area (Å²) in [6, 6.07) is 58.0. The smallest absolute Gasteiger partial charge is 0.164 e. The molecule has 0 fully saturated rings. The topological polar surface area (TPSA) is 55.1 Å². The highest BCUT2D eigenvalue weighted by atomic mass is 16.3. The number of aromatic nitrogens is 3. The molecule has 0 aliphatic carbocycles. The fraction of sp³-hybridized carbons (Fsp3) is 0. The summed E-state index contributed by atoms with van der Waals surface area (Å²) >= 11 is 0. The van der Waals surface area contributed by atoms with Crippen LogP contribution in [0.1, 0.15) is 0 Å². The van der Waals surface area contributed by atoms with Crippen LogP contribution in [0.3, 0.4) is 0 Å². The molecule has 0 radical (unpaired) electrons. The standard InChI is InChI=1S/C43H28N4O/c1-5-15-29(16-6-1)41-44-42(30-17-7-2-8-18-30)46-43(45-41)32-25-26-36-38(28-32)48-40-35-24-14-13-19-31(35)27-37(39(36)40)47(33-20-9-3-10-21-33)34-22-11-4-12-23-34/h1-28H. The maximum absolute atomic E-state index is 6.82. The van der Waals surface area contributed by atoms with E-state index in [9.17, 15) is 0 Å². The molecule has 0 saturated carbocycles. The van der Waals surface area contributed by atoms with Crippen LogP contribution < -0.4 is 4.90 Å². The molecule has 7 aromatic carbocycles. The van der Waals surface area contributed by atoms with Gasteiger partial charge in [-0.05, 0) is 47.9 Å². The molecule has 2 aromatic heterocycles. The maximum Gasteiger partial charge on any atom is 0.164 e. The van der Waals surface area contributed by atoms with E-state index in [0.717, 1.165) is 66.5 Å². The summed E-state index contributed by atoms with van der Waals surface area (Å²) in [4.78, 5) is 17.1. The summed E-state index contributed by atoms with van der Waals surface area (Å²) < 4.78 is 6.82. The quantitative estimate of drug-likeness (QED) is 0.186. The van der Waals surface area contributed by atoms with Gasteiger partial charge in [-0.3, -0.25) is 0 Å². The van der Waals surface area contributed by atoms with Crippen molar-refractivity contribution < 1.29 is 4.42 Å². The van der Waals surface area contributed by atoms with Gasteiger partial charge < -0.3 is 9.32 Å². The third kappa shape index (κ3) is 4.86. The fourth-order valence-electron chi connectivity index (χ4n) is 6.42. The van der Waals surface area contributed by atoms with Crippen LogP contribution in [0.15, 0.2) is 174 Å². The van der Waals surface area contributed by atoms with Gasteiger partial charge in [0.25, 0.3) is 0 Å². The van der Waals surface area contributed by atoms with Crippen LogP contribution in [0, 0.1) is 0 Å². The first kappa shape index (κ1) is 27.7. The van der Waals surface area contributed by atoms with Gasteiger partial charge in [-0.15, -0.1) is 0 Å². The largest absolute Gasteiger partial charge is 0.455 e. The molecule has 5 heteroatoms. The Bertz CT molecular complexity index is 2450.